The van der Waals surface area contributed by atoms with Crippen LogP contribution >= 0.6 is 11.8 Å². The zero-order valence-electron chi connectivity index (χ0n) is 21.8. The van der Waals surface area contributed by atoms with Crippen molar-refractivity contribution in [3.8, 4) is 16.9 Å². The van der Waals surface area contributed by atoms with Crippen molar-refractivity contribution in [1.82, 2.24) is 19.9 Å². The number of nitrogens with zero attached hydrogens (tertiary/aromatic N) is 2. The van der Waals surface area contributed by atoms with Crippen LogP contribution in [-0.2, 0) is 17.8 Å². The van der Waals surface area contributed by atoms with Crippen LogP contribution in [0.4, 0.5) is 13.2 Å². The van der Waals surface area contributed by atoms with E-state index in [4.69, 9.17) is 10.8 Å². The molecule has 0 aliphatic heterocycles. The van der Waals surface area contributed by atoms with E-state index in [0.29, 0.717) is 47.5 Å². The van der Waals surface area contributed by atoms with Crippen molar-refractivity contribution >= 4 is 28.8 Å². The fourth-order valence-electron chi connectivity index (χ4n) is 4.32. The van der Waals surface area contributed by atoms with Crippen LogP contribution in [0.5, 0.6) is 0 Å². The number of hydrogen-bond acceptors (Lipinski definition) is 6. The third-order valence-electron chi connectivity index (χ3n) is 6.20. The lowest BCUT2D eigenvalue weighted by Crippen LogP contribution is -2.20. The molecule has 0 spiro atoms. The number of aryl methyl sites for hydroxylation is 1. The molecule has 0 aliphatic rings. The van der Waals surface area contributed by atoms with Crippen molar-refractivity contribution in [1.29, 1.82) is 0 Å². The molecule has 0 bridgehead atoms. The van der Waals surface area contributed by atoms with E-state index in [-0.39, 0.29) is 29.1 Å². The highest BCUT2D eigenvalue weighted by Gasteiger charge is 2.29. The number of benzene rings is 2. The van der Waals surface area contributed by atoms with Gasteiger partial charge < -0.3 is 21.1 Å². The first-order valence-corrected chi connectivity index (χ1v) is 13.6. The lowest BCUT2D eigenvalue weighted by Gasteiger charge is -2.11. The average Bonchev–Trinajstić information content (AvgIpc) is 3.28. The largest absolute Gasteiger partial charge is 0.481 e. The van der Waals surface area contributed by atoms with E-state index in [1.54, 1.807) is 30.5 Å². The number of rotatable bonds is 12. The number of carboxylic acid groups (broad SMARTS) is 1. The van der Waals surface area contributed by atoms with Gasteiger partial charge in [0.05, 0.1) is 12.1 Å². The van der Waals surface area contributed by atoms with Crippen LogP contribution in [0.1, 0.15) is 37.3 Å². The molecule has 0 saturated carbocycles. The number of aromatic amines is 1. The number of thioether (sulfide) groups is 1. The van der Waals surface area contributed by atoms with E-state index in [9.17, 15) is 22.8 Å². The standard InChI is InChI=1S/C28H30F3N5O3S/c1-17(32)3-2-4-19-11-20(13-23(12-19)40-28(29,30)31)24-14-21-16-36(27(39)35-26(21)34-24)22-7-5-18(6-8-22)15-33-10-9-25(37)38/h5-8,11-14,16-17,33H,2-4,9-10,15,32H2,1H3,(H,37,38)(H,34,35,39)/t17-/m0/s1. The lowest BCUT2D eigenvalue weighted by molar-refractivity contribution is -0.136. The third-order valence-corrected chi connectivity index (χ3v) is 6.91. The Morgan fingerprint density at radius 2 is 1.93 bits per heavy atom. The number of fused-ring (bicyclic) bond motifs is 1. The average molecular weight is 574 g/mol. The number of nitrogens with one attached hydrogen (secondary N) is 2. The van der Waals surface area contributed by atoms with Crippen molar-refractivity contribution in [3.05, 3.63) is 76.3 Å². The number of hydrogen-bond donors (Lipinski definition) is 4. The normalized spacial score (nSPS) is 12.6. The van der Waals surface area contributed by atoms with E-state index in [1.165, 1.54) is 10.6 Å². The zero-order chi connectivity index (χ0) is 28.9. The quantitative estimate of drug-likeness (QED) is 0.135. The van der Waals surface area contributed by atoms with Crippen molar-refractivity contribution in [3.63, 3.8) is 0 Å². The number of carboxylic acids is 1. The van der Waals surface area contributed by atoms with E-state index in [0.717, 1.165) is 24.0 Å². The molecular formula is C28H30F3N5O3S. The molecule has 4 rings (SSSR count). The number of alkyl halides is 3. The summed E-state index contributed by atoms with van der Waals surface area (Å²) in [5.41, 5.74) is 4.65. The predicted octanol–water partition coefficient (Wildman–Crippen LogP) is 5.23. The number of nitrogens with two attached hydrogens (primary N) is 1. The van der Waals surface area contributed by atoms with Crippen molar-refractivity contribution in [2.75, 3.05) is 6.54 Å². The number of H-pyrrole nitrogens is 1. The number of carbonyl (C=O) groups is 1. The summed E-state index contributed by atoms with van der Waals surface area (Å²) in [7, 11) is 0. The molecule has 212 valence electrons. The molecule has 2 heterocycles. The van der Waals surface area contributed by atoms with Crippen LogP contribution in [0.25, 0.3) is 28.0 Å². The number of aliphatic carboxylic acids is 1. The molecule has 40 heavy (non-hydrogen) atoms. The maximum atomic E-state index is 13.2. The van der Waals surface area contributed by atoms with Crippen LogP contribution in [0, 0.1) is 0 Å². The Labute approximate surface area is 232 Å². The molecule has 0 radical (unpaired) electrons. The Bertz CT molecular complexity index is 1530. The molecule has 12 heteroatoms. The minimum Gasteiger partial charge on any atom is -0.481 e. The maximum Gasteiger partial charge on any atom is 0.446 e. The van der Waals surface area contributed by atoms with Crippen molar-refractivity contribution in [2.24, 2.45) is 5.73 Å². The van der Waals surface area contributed by atoms with E-state index >= 15 is 0 Å². The Balaban J connectivity index is 1.60. The van der Waals surface area contributed by atoms with Gasteiger partial charge in [-0.15, -0.1) is 0 Å². The van der Waals surface area contributed by atoms with Gasteiger partial charge in [-0.3, -0.25) is 9.36 Å². The van der Waals surface area contributed by atoms with Gasteiger partial charge in [-0.25, -0.2) is 4.79 Å². The summed E-state index contributed by atoms with van der Waals surface area (Å²) in [6.45, 7) is 2.73. The van der Waals surface area contributed by atoms with Gasteiger partial charge in [0.15, 0.2) is 0 Å². The molecule has 8 nitrogen and oxygen atoms in total. The van der Waals surface area contributed by atoms with Gasteiger partial charge in [0.2, 0.25) is 0 Å². The first-order valence-electron chi connectivity index (χ1n) is 12.8. The molecule has 0 unspecified atom stereocenters. The molecule has 4 aromatic rings. The molecular weight excluding hydrogens is 543 g/mol. The van der Waals surface area contributed by atoms with Crippen LogP contribution in [0.2, 0.25) is 0 Å². The second-order valence-corrected chi connectivity index (χ2v) is 10.8. The van der Waals surface area contributed by atoms with Crippen molar-refractivity contribution < 1.29 is 23.1 Å². The Kier molecular flexibility index (Phi) is 9.33. The Hall–Kier alpha value is -3.61. The lowest BCUT2D eigenvalue weighted by atomic mass is 10.0. The fraction of sp³-hybridized carbons (Fsp3) is 0.321. The first-order chi connectivity index (χ1) is 19.0. The van der Waals surface area contributed by atoms with Gasteiger partial charge in [0, 0.05) is 41.3 Å². The second-order valence-electron chi connectivity index (χ2n) is 9.65. The third kappa shape index (κ3) is 8.20. The van der Waals surface area contributed by atoms with Crippen LogP contribution in [0.3, 0.4) is 0 Å². The number of aromatic nitrogens is 3. The van der Waals surface area contributed by atoms with E-state index in [1.807, 2.05) is 25.1 Å². The molecule has 5 N–H and O–H groups in total. The summed E-state index contributed by atoms with van der Waals surface area (Å²) < 4.78 is 40.9. The van der Waals surface area contributed by atoms with Gasteiger partial charge in [0.1, 0.15) is 5.65 Å². The SMILES string of the molecule is C[C@H](N)CCCc1cc(SC(F)(F)F)cc(-c2cc3cn(-c4ccc(CNCCC(=O)O)cc4)c(=O)nc3[nH]2)c1. The van der Waals surface area contributed by atoms with E-state index < -0.39 is 17.2 Å². The smallest absolute Gasteiger partial charge is 0.446 e. The monoisotopic (exact) mass is 573 g/mol. The first kappa shape index (κ1) is 29.4. The zero-order valence-corrected chi connectivity index (χ0v) is 22.6. The maximum absolute atomic E-state index is 13.2. The minimum absolute atomic E-state index is 0.0108. The minimum atomic E-state index is -4.42. The highest BCUT2D eigenvalue weighted by Crippen LogP contribution is 2.39. The molecule has 2 aromatic carbocycles. The summed E-state index contributed by atoms with van der Waals surface area (Å²) in [4.78, 5) is 30.8. The van der Waals surface area contributed by atoms with Gasteiger partial charge in [0.25, 0.3) is 0 Å². The highest BCUT2D eigenvalue weighted by molar-refractivity contribution is 8.00. The predicted molar refractivity (Wildman–Crippen MR) is 150 cm³/mol. The van der Waals surface area contributed by atoms with Gasteiger partial charge in [-0.2, -0.15) is 18.2 Å². The number of halogens is 3. The molecule has 0 aliphatic carbocycles. The summed E-state index contributed by atoms with van der Waals surface area (Å²) in [5.74, 6) is -0.872. The van der Waals surface area contributed by atoms with E-state index in [2.05, 4.69) is 15.3 Å². The van der Waals surface area contributed by atoms with Crippen molar-refractivity contribution in [2.45, 2.75) is 55.6 Å². The summed E-state index contributed by atoms with van der Waals surface area (Å²) in [5, 5.41) is 12.4. The Morgan fingerprint density at radius 1 is 1.18 bits per heavy atom. The summed E-state index contributed by atoms with van der Waals surface area (Å²) in [6, 6.07) is 13.9. The van der Waals surface area contributed by atoms with Gasteiger partial charge in [-0.05, 0) is 91.0 Å². The molecule has 0 saturated heterocycles. The molecule has 0 amide bonds. The highest BCUT2D eigenvalue weighted by atomic mass is 32.2. The topological polar surface area (TPSA) is 126 Å². The van der Waals surface area contributed by atoms with Gasteiger partial charge in [-0.1, -0.05) is 12.1 Å². The molecule has 1 atom stereocenters. The fourth-order valence-corrected chi connectivity index (χ4v) is 4.98. The summed E-state index contributed by atoms with van der Waals surface area (Å²) in [6.07, 6.45) is 3.77. The van der Waals surface area contributed by atoms with Crippen LogP contribution in [-0.4, -0.2) is 43.7 Å². The van der Waals surface area contributed by atoms with Crippen LogP contribution in [0.15, 0.2) is 64.4 Å². The second kappa shape index (κ2) is 12.7. The Morgan fingerprint density at radius 3 is 2.60 bits per heavy atom. The molecule has 2 aromatic heterocycles. The van der Waals surface area contributed by atoms with Gasteiger partial charge >= 0.3 is 17.2 Å². The summed E-state index contributed by atoms with van der Waals surface area (Å²) >= 11 is -0.158. The van der Waals surface area contributed by atoms with Crippen LogP contribution < -0.4 is 16.7 Å². The molecule has 0 fully saturated rings.